The smallest absolute Gasteiger partial charge is 0.341 e. The molecule has 5 nitrogen and oxygen atoms in total. The van der Waals surface area contributed by atoms with Gasteiger partial charge in [-0.05, 0) is 13.0 Å². The molecule has 0 spiro atoms. The van der Waals surface area contributed by atoms with Gasteiger partial charge in [-0.15, -0.1) is 11.3 Å². The summed E-state index contributed by atoms with van der Waals surface area (Å²) in [5.74, 6) is -0.318. The number of hydrogen-bond acceptors (Lipinski definition) is 6. The van der Waals surface area contributed by atoms with Crippen molar-refractivity contribution in [2.75, 3.05) is 19.0 Å². The maximum atomic E-state index is 11.8. The summed E-state index contributed by atoms with van der Waals surface area (Å²) in [5.41, 5.74) is 1.43. The van der Waals surface area contributed by atoms with Crippen LogP contribution in [0.25, 0.3) is 10.4 Å². The summed E-state index contributed by atoms with van der Waals surface area (Å²) < 4.78 is 5.02. The van der Waals surface area contributed by atoms with Crippen molar-refractivity contribution in [2.45, 2.75) is 6.92 Å². The van der Waals surface area contributed by atoms with E-state index in [2.05, 4.69) is 15.3 Å². The van der Waals surface area contributed by atoms with Crippen LogP contribution >= 0.6 is 11.3 Å². The zero-order valence-electron chi connectivity index (χ0n) is 10.1. The third-order valence-corrected chi connectivity index (χ3v) is 3.50. The first kappa shape index (κ1) is 12.5. The molecule has 94 valence electrons. The summed E-state index contributed by atoms with van der Waals surface area (Å²) in [4.78, 5) is 20.6. The molecule has 0 bridgehead atoms. The number of carbonyl (C=O) groups is 1. The average Bonchev–Trinajstić information content (AvgIpc) is 2.84. The molecular formula is C12H13N3O2S. The van der Waals surface area contributed by atoms with Crippen LogP contribution in [-0.4, -0.2) is 29.6 Å². The topological polar surface area (TPSA) is 64.1 Å². The minimum absolute atomic E-state index is 0.318. The van der Waals surface area contributed by atoms with Crippen molar-refractivity contribution in [3.05, 3.63) is 30.4 Å². The molecular weight excluding hydrogens is 250 g/mol. The molecule has 0 amide bonds. The maximum absolute atomic E-state index is 11.8. The van der Waals surface area contributed by atoms with Crippen molar-refractivity contribution < 1.29 is 9.53 Å². The van der Waals surface area contributed by atoms with Crippen molar-refractivity contribution in [2.24, 2.45) is 0 Å². The van der Waals surface area contributed by atoms with E-state index < -0.39 is 0 Å². The van der Waals surface area contributed by atoms with Crippen LogP contribution in [0.5, 0.6) is 0 Å². The van der Waals surface area contributed by atoms with Gasteiger partial charge < -0.3 is 10.1 Å². The minimum Gasteiger partial charge on any atom is -0.462 e. The first-order valence-electron chi connectivity index (χ1n) is 5.50. The average molecular weight is 263 g/mol. The molecule has 18 heavy (non-hydrogen) atoms. The van der Waals surface area contributed by atoms with Gasteiger partial charge in [0.25, 0.3) is 0 Å². The molecule has 0 aromatic carbocycles. The lowest BCUT2D eigenvalue weighted by molar-refractivity contribution is 0.0528. The zero-order valence-corrected chi connectivity index (χ0v) is 11.0. The maximum Gasteiger partial charge on any atom is 0.341 e. The highest BCUT2D eigenvalue weighted by Crippen LogP contribution is 2.34. The van der Waals surface area contributed by atoms with Gasteiger partial charge in [0, 0.05) is 29.9 Å². The standard InChI is InChI=1S/C12H13N3O2S/c1-3-17-12(16)9-4-10(18-11(9)13-2)8-5-14-7-15-6-8/h4-7,13H,3H2,1-2H3. The summed E-state index contributed by atoms with van der Waals surface area (Å²) in [6, 6.07) is 1.80. The van der Waals surface area contributed by atoms with Gasteiger partial charge in [0.2, 0.25) is 0 Å². The van der Waals surface area contributed by atoms with E-state index in [0.29, 0.717) is 12.2 Å². The van der Waals surface area contributed by atoms with Gasteiger partial charge in [-0.2, -0.15) is 0 Å². The second-order valence-corrected chi connectivity index (χ2v) is 4.50. The third-order valence-electron chi connectivity index (χ3n) is 2.30. The first-order valence-corrected chi connectivity index (χ1v) is 6.32. The number of thiophene rings is 1. The Labute approximate surface area is 109 Å². The summed E-state index contributed by atoms with van der Waals surface area (Å²) in [7, 11) is 1.78. The summed E-state index contributed by atoms with van der Waals surface area (Å²) >= 11 is 1.47. The van der Waals surface area contributed by atoms with Gasteiger partial charge in [-0.25, -0.2) is 14.8 Å². The quantitative estimate of drug-likeness (QED) is 0.858. The highest BCUT2D eigenvalue weighted by molar-refractivity contribution is 7.19. The van der Waals surface area contributed by atoms with Crippen LogP contribution in [0.2, 0.25) is 0 Å². The fourth-order valence-corrected chi connectivity index (χ4v) is 2.48. The van der Waals surface area contributed by atoms with Crippen LogP contribution in [0.15, 0.2) is 24.8 Å². The molecule has 0 saturated carbocycles. The number of rotatable bonds is 4. The monoisotopic (exact) mass is 263 g/mol. The van der Waals surface area contributed by atoms with Crippen LogP contribution in [0.1, 0.15) is 17.3 Å². The Hall–Kier alpha value is -1.95. The first-order chi connectivity index (χ1) is 8.76. The highest BCUT2D eigenvalue weighted by Gasteiger charge is 2.17. The molecule has 0 saturated heterocycles. The van der Waals surface area contributed by atoms with Crippen molar-refractivity contribution in [3.63, 3.8) is 0 Å². The number of anilines is 1. The van der Waals surface area contributed by atoms with Crippen molar-refractivity contribution in [3.8, 4) is 10.4 Å². The fraction of sp³-hybridized carbons (Fsp3) is 0.250. The Morgan fingerprint density at radius 2 is 2.17 bits per heavy atom. The van der Waals surface area contributed by atoms with Gasteiger partial charge >= 0.3 is 5.97 Å². The SMILES string of the molecule is CCOC(=O)c1cc(-c2cncnc2)sc1NC. The second-order valence-electron chi connectivity index (χ2n) is 3.45. The van der Waals surface area contributed by atoms with Gasteiger partial charge in [0.15, 0.2) is 0 Å². The number of carbonyl (C=O) groups excluding carboxylic acids is 1. The van der Waals surface area contributed by atoms with Gasteiger partial charge in [0.1, 0.15) is 11.3 Å². The van der Waals surface area contributed by atoms with Gasteiger partial charge in [-0.3, -0.25) is 0 Å². The van der Waals surface area contributed by atoms with Gasteiger partial charge in [0.05, 0.1) is 12.2 Å². The Kier molecular flexibility index (Phi) is 3.88. The molecule has 0 aliphatic carbocycles. The van der Waals surface area contributed by atoms with E-state index in [1.807, 2.05) is 0 Å². The molecule has 0 atom stereocenters. The zero-order chi connectivity index (χ0) is 13.0. The molecule has 2 heterocycles. The number of esters is 1. The lowest BCUT2D eigenvalue weighted by atomic mass is 10.2. The van der Waals surface area contributed by atoms with E-state index in [0.717, 1.165) is 15.4 Å². The van der Waals surface area contributed by atoms with Crippen molar-refractivity contribution >= 4 is 22.3 Å². The predicted octanol–water partition coefficient (Wildman–Crippen LogP) is 2.42. The van der Waals surface area contributed by atoms with E-state index in [-0.39, 0.29) is 5.97 Å². The van der Waals surface area contributed by atoms with E-state index >= 15 is 0 Å². The molecule has 0 aliphatic heterocycles. The largest absolute Gasteiger partial charge is 0.462 e. The molecule has 0 unspecified atom stereocenters. The third kappa shape index (κ3) is 2.48. The number of ether oxygens (including phenoxy) is 1. The Morgan fingerprint density at radius 1 is 1.44 bits per heavy atom. The number of aromatic nitrogens is 2. The minimum atomic E-state index is -0.318. The molecule has 0 radical (unpaired) electrons. The fourth-order valence-electron chi connectivity index (χ4n) is 1.51. The molecule has 0 aliphatic rings. The summed E-state index contributed by atoms with van der Waals surface area (Å²) in [5, 5.41) is 3.79. The number of nitrogens with zero attached hydrogens (tertiary/aromatic N) is 2. The lowest BCUT2D eigenvalue weighted by Crippen LogP contribution is -2.05. The highest BCUT2D eigenvalue weighted by atomic mass is 32.1. The molecule has 6 heteroatoms. The molecule has 2 aromatic rings. The summed E-state index contributed by atoms with van der Waals surface area (Å²) in [6.07, 6.45) is 4.91. The Bertz CT molecular complexity index is 540. The Morgan fingerprint density at radius 3 is 2.78 bits per heavy atom. The summed E-state index contributed by atoms with van der Waals surface area (Å²) in [6.45, 7) is 2.15. The number of nitrogens with one attached hydrogen (secondary N) is 1. The van der Waals surface area contributed by atoms with E-state index in [9.17, 15) is 4.79 Å². The van der Waals surface area contributed by atoms with E-state index in [1.165, 1.54) is 17.7 Å². The van der Waals surface area contributed by atoms with Crippen molar-refractivity contribution in [1.29, 1.82) is 0 Å². The van der Waals surface area contributed by atoms with Crippen LogP contribution in [0, 0.1) is 0 Å². The normalized spacial score (nSPS) is 10.1. The lowest BCUT2D eigenvalue weighted by Gasteiger charge is -2.01. The van der Waals surface area contributed by atoms with Crippen molar-refractivity contribution in [1.82, 2.24) is 9.97 Å². The molecule has 2 rings (SSSR count). The molecule has 1 N–H and O–H groups in total. The van der Waals surface area contributed by atoms with E-state index in [1.54, 1.807) is 32.4 Å². The van der Waals surface area contributed by atoms with Crippen LogP contribution < -0.4 is 5.32 Å². The Balaban J connectivity index is 2.38. The molecule has 2 aromatic heterocycles. The van der Waals surface area contributed by atoms with Gasteiger partial charge in [-0.1, -0.05) is 0 Å². The van der Waals surface area contributed by atoms with E-state index in [4.69, 9.17) is 4.74 Å². The predicted molar refractivity (Wildman–Crippen MR) is 70.8 cm³/mol. The second kappa shape index (κ2) is 5.59. The number of hydrogen-bond donors (Lipinski definition) is 1. The molecule has 0 fully saturated rings. The van der Waals surface area contributed by atoms with Crippen LogP contribution in [0.3, 0.4) is 0 Å². The van der Waals surface area contributed by atoms with Crippen LogP contribution in [-0.2, 0) is 4.74 Å². The van der Waals surface area contributed by atoms with Crippen LogP contribution in [0.4, 0.5) is 5.00 Å².